The Hall–Kier alpha value is -1.75. The van der Waals surface area contributed by atoms with Crippen molar-refractivity contribution in [2.24, 2.45) is 5.92 Å². The molecule has 0 spiro atoms. The lowest BCUT2D eigenvalue weighted by molar-refractivity contribution is 0.0571. The van der Waals surface area contributed by atoms with Crippen LogP contribution in [-0.2, 0) is 11.2 Å². The predicted octanol–water partition coefficient (Wildman–Crippen LogP) is 2.74. The van der Waals surface area contributed by atoms with E-state index in [1.54, 1.807) is 0 Å². The summed E-state index contributed by atoms with van der Waals surface area (Å²) >= 11 is 0. The lowest BCUT2D eigenvalue weighted by Crippen LogP contribution is -2.45. The molecule has 0 unspecified atom stereocenters. The van der Waals surface area contributed by atoms with Gasteiger partial charge >= 0.3 is 6.03 Å². The fraction of sp³-hybridized carbons (Fsp3) is 0.611. The van der Waals surface area contributed by atoms with Gasteiger partial charge in [0.25, 0.3) is 0 Å². The molecule has 1 heterocycles. The minimum Gasteiger partial charge on any atom is -0.494 e. The van der Waals surface area contributed by atoms with Crippen molar-refractivity contribution in [2.75, 3.05) is 26.4 Å². The van der Waals surface area contributed by atoms with Gasteiger partial charge in [-0.2, -0.15) is 0 Å². The Morgan fingerprint density at radius 2 is 2.09 bits per heavy atom. The molecule has 23 heavy (non-hydrogen) atoms. The van der Waals surface area contributed by atoms with Gasteiger partial charge in [0, 0.05) is 25.8 Å². The number of hydrogen-bond donors (Lipinski definition) is 2. The summed E-state index contributed by atoms with van der Waals surface area (Å²) in [6, 6.07) is 8.03. The second kappa shape index (κ2) is 9.40. The number of para-hydroxylation sites is 1. The van der Waals surface area contributed by atoms with Crippen molar-refractivity contribution < 1.29 is 14.3 Å². The Balaban J connectivity index is 1.72. The van der Waals surface area contributed by atoms with E-state index in [0.29, 0.717) is 19.1 Å². The maximum Gasteiger partial charge on any atom is 0.315 e. The van der Waals surface area contributed by atoms with E-state index in [-0.39, 0.29) is 12.1 Å². The summed E-state index contributed by atoms with van der Waals surface area (Å²) in [6.45, 7) is 6.88. The van der Waals surface area contributed by atoms with Gasteiger partial charge in [0.2, 0.25) is 0 Å². The zero-order valence-corrected chi connectivity index (χ0v) is 14.1. The first-order valence-corrected chi connectivity index (χ1v) is 8.53. The number of amides is 2. The summed E-state index contributed by atoms with van der Waals surface area (Å²) in [6.07, 6.45) is 2.79. The maximum atomic E-state index is 12.0. The van der Waals surface area contributed by atoms with Crippen molar-refractivity contribution in [1.29, 1.82) is 0 Å². The van der Waals surface area contributed by atoms with Crippen LogP contribution >= 0.6 is 0 Å². The zero-order valence-electron chi connectivity index (χ0n) is 14.1. The van der Waals surface area contributed by atoms with Crippen LogP contribution in [0, 0.1) is 5.92 Å². The molecule has 1 aromatic carbocycles. The summed E-state index contributed by atoms with van der Waals surface area (Å²) in [7, 11) is 0. The molecule has 2 rings (SSSR count). The minimum atomic E-state index is -0.0992. The van der Waals surface area contributed by atoms with Gasteiger partial charge < -0.3 is 20.1 Å². The molecule has 0 aromatic heterocycles. The topological polar surface area (TPSA) is 59.6 Å². The van der Waals surface area contributed by atoms with Crippen LogP contribution in [-0.4, -0.2) is 38.4 Å². The third kappa shape index (κ3) is 5.75. The molecule has 1 aromatic rings. The highest BCUT2D eigenvalue weighted by atomic mass is 16.5. The average Bonchev–Trinajstić information content (AvgIpc) is 2.57. The lowest BCUT2D eigenvalue weighted by Gasteiger charge is -2.28. The highest BCUT2D eigenvalue weighted by Gasteiger charge is 2.21. The average molecular weight is 320 g/mol. The monoisotopic (exact) mass is 320 g/mol. The molecule has 5 heteroatoms. The SMILES string of the molecule is CCOc1ccccc1CCNC(=O)N[C@H](C)C1CCOCC1. The molecule has 1 aliphatic heterocycles. The van der Waals surface area contributed by atoms with Gasteiger partial charge in [-0.25, -0.2) is 4.79 Å². The third-order valence-electron chi connectivity index (χ3n) is 4.28. The van der Waals surface area contributed by atoms with Crippen LogP contribution < -0.4 is 15.4 Å². The molecule has 0 saturated carbocycles. The van der Waals surface area contributed by atoms with E-state index in [1.165, 1.54) is 0 Å². The highest BCUT2D eigenvalue weighted by Crippen LogP contribution is 2.19. The quantitative estimate of drug-likeness (QED) is 0.812. The van der Waals surface area contributed by atoms with Gasteiger partial charge in [-0.3, -0.25) is 0 Å². The van der Waals surface area contributed by atoms with E-state index in [9.17, 15) is 4.79 Å². The van der Waals surface area contributed by atoms with E-state index in [0.717, 1.165) is 43.8 Å². The Morgan fingerprint density at radius 3 is 2.83 bits per heavy atom. The van der Waals surface area contributed by atoms with Crippen molar-refractivity contribution in [3.63, 3.8) is 0 Å². The van der Waals surface area contributed by atoms with Gasteiger partial charge in [-0.1, -0.05) is 18.2 Å². The van der Waals surface area contributed by atoms with Crippen molar-refractivity contribution in [1.82, 2.24) is 10.6 Å². The van der Waals surface area contributed by atoms with Crippen molar-refractivity contribution in [3.05, 3.63) is 29.8 Å². The fourth-order valence-electron chi connectivity index (χ4n) is 2.91. The fourth-order valence-corrected chi connectivity index (χ4v) is 2.91. The van der Waals surface area contributed by atoms with Gasteiger partial charge in [0.05, 0.1) is 6.61 Å². The molecule has 1 saturated heterocycles. The summed E-state index contributed by atoms with van der Waals surface area (Å²) in [4.78, 5) is 12.0. The molecule has 2 N–H and O–H groups in total. The molecule has 0 aliphatic carbocycles. The first-order chi connectivity index (χ1) is 11.2. The Bertz CT molecular complexity index is 487. The van der Waals surface area contributed by atoms with Crippen LogP contribution in [0.15, 0.2) is 24.3 Å². The van der Waals surface area contributed by atoms with Gasteiger partial charge in [-0.05, 0) is 50.7 Å². The zero-order chi connectivity index (χ0) is 16.5. The van der Waals surface area contributed by atoms with Crippen LogP contribution in [0.5, 0.6) is 5.75 Å². The number of rotatable bonds is 7. The van der Waals surface area contributed by atoms with Gasteiger partial charge in [0.15, 0.2) is 0 Å². The van der Waals surface area contributed by atoms with Crippen LogP contribution in [0.4, 0.5) is 4.79 Å². The smallest absolute Gasteiger partial charge is 0.315 e. The third-order valence-corrected chi connectivity index (χ3v) is 4.28. The number of carbonyl (C=O) groups is 1. The molecule has 1 fully saturated rings. The van der Waals surface area contributed by atoms with Crippen LogP contribution in [0.3, 0.4) is 0 Å². The van der Waals surface area contributed by atoms with Crippen LogP contribution in [0.1, 0.15) is 32.3 Å². The number of hydrogen-bond acceptors (Lipinski definition) is 3. The summed E-state index contributed by atoms with van der Waals surface area (Å²) in [5.41, 5.74) is 1.12. The standard InChI is InChI=1S/C18H28N2O3/c1-3-23-17-7-5-4-6-16(17)8-11-19-18(21)20-14(2)15-9-12-22-13-10-15/h4-7,14-15H,3,8-13H2,1-2H3,(H2,19,20,21)/t14-/m1/s1. The maximum absolute atomic E-state index is 12.0. The number of carbonyl (C=O) groups excluding carboxylic acids is 1. The second-order valence-corrected chi connectivity index (χ2v) is 5.93. The van der Waals surface area contributed by atoms with Crippen molar-refractivity contribution >= 4 is 6.03 Å². The molecule has 1 aliphatic rings. The Labute approximate surface area is 138 Å². The molecular formula is C18H28N2O3. The second-order valence-electron chi connectivity index (χ2n) is 5.93. The summed E-state index contributed by atoms with van der Waals surface area (Å²) in [5, 5.41) is 5.97. The Morgan fingerprint density at radius 1 is 1.35 bits per heavy atom. The Kier molecular flexibility index (Phi) is 7.20. The number of nitrogens with one attached hydrogen (secondary N) is 2. The molecule has 128 valence electrons. The lowest BCUT2D eigenvalue weighted by atomic mass is 9.93. The number of urea groups is 1. The van der Waals surface area contributed by atoms with Crippen LogP contribution in [0.25, 0.3) is 0 Å². The molecule has 0 bridgehead atoms. The molecule has 5 nitrogen and oxygen atoms in total. The first-order valence-electron chi connectivity index (χ1n) is 8.53. The number of ether oxygens (including phenoxy) is 2. The summed E-state index contributed by atoms with van der Waals surface area (Å²) in [5.74, 6) is 1.40. The van der Waals surface area contributed by atoms with Crippen molar-refractivity contribution in [2.45, 2.75) is 39.2 Å². The molecule has 2 amide bonds. The van der Waals surface area contributed by atoms with Gasteiger partial charge in [-0.15, -0.1) is 0 Å². The largest absolute Gasteiger partial charge is 0.494 e. The molecular weight excluding hydrogens is 292 g/mol. The van der Waals surface area contributed by atoms with Gasteiger partial charge in [0.1, 0.15) is 5.75 Å². The minimum absolute atomic E-state index is 0.0992. The van der Waals surface area contributed by atoms with Crippen molar-refractivity contribution in [3.8, 4) is 5.75 Å². The predicted molar refractivity (Wildman–Crippen MR) is 90.9 cm³/mol. The van der Waals surface area contributed by atoms with E-state index >= 15 is 0 Å². The normalized spacial score (nSPS) is 16.6. The van der Waals surface area contributed by atoms with E-state index in [2.05, 4.69) is 17.6 Å². The highest BCUT2D eigenvalue weighted by molar-refractivity contribution is 5.74. The van der Waals surface area contributed by atoms with E-state index in [1.807, 2.05) is 31.2 Å². The first kappa shape index (κ1) is 17.6. The number of benzene rings is 1. The van der Waals surface area contributed by atoms with E-state index in [4.69, 9.17) is 9.47 Å². The molecule has 1 atom stereocenters. The van der Waals surface area contributed by atoms with Crippen LogP contribution in [0.2, 0.25) is 0 Å². The molecule has 0 radical (unpaired) electrons. The van der Waals surface area contributed by atoms with E-state index < -0.39 is 0 Å². The summed E-state index contributed by atoms with van der Waals surface area (Å²) < 4.78 is 11.0.